The van der Waals surface area contributed by atoms with Crippen LogP contribution in [0.15, 0.2) is 57.9 Å². The van der Waals surface area contributed by atoms with Crippen molar-refractivity contribution in [2.24, 2.45) is 5.73 Å². The molecular weight excluding hydrogens is 396 g/mol. The minimum atomic E-state index is -3.82. The Kier molecular flexibility index (Phi) is 5.98. The molecule has 0 saturated carbocycles. The van der Waals surface area contributed by atoms with Crippen molar-refractivity contribution in [2.75, 3.05) is 0 Å². The molecule has 0 bridgehead atoms. The minimum Gasteiger partial charge on any atom is -0.457 e. The number of sulfonamides is 1. The minimum absolute atomic E-state index is 0.0327. The molecule has 0 fully saturated rings. The predicted molar refractivity (Wildman–Crippen MR) is 94.3 cm³/mol. The van der Waals surface area contributed by atoms with E-state index in [-0.39, 0.29) is 11.3 Å². The van der Waals surface area contributed by atoms with Gasteiger partial charge in [0, 0.05) is 4.47 Å². The summed E-state index contributed by atoms with van der Waals surface area (Å²) in [6.07, 6.45) is 0.277. The summed E-state index contributed by atoms with van der Waals surface area (Å²) in [5, 5.41) is 0. The van der Waals surface area contributed by atoms with Crippen molar-refractivity contribution in [3.8, 4) is 11.5 Å². The maximum Gasteiger partial charge on any atom is 0.241 e. The SMILES string of the molecule is CCC(NS(=O)(=O)c1ccc(Oc2ccc(Br)cc2)cc1)C(N)=O. The predicted octanol–water partition coefficient (Wildman–Crippen LogP) is 2.78. The zero-order chi connectivity index (χ0) is 17.7. The highest BCUT2D eigenvalue weighted by Gasteiger charge is 2.22. The molecule has 0 spiro atoms. The Morgan fingerprint density at radius 3 is 2.08 bits per heavy atom. The van der Waals surface area contributed by atoms with Crippen molar-refractivity contribution in [3.05, 3.63) is 53.0 Å². The normalized spacial score (nSPS) is 12.6. The lowest BCUT2D eigenvalue weighted by Crippen LogP contribution is -2.43. The van der Waals surface area contributed by atoms with Crippen molar-refractivity contribution in [3.63, 3.8) is 0 Å². The van der Waals surface area contributed by atoms with Gasteiger partial charge in [0.15, 0.2) is 0 Å². The summed E-state index contributed by atoms with van der Waals surface area (Å²) in [5.74, 6) is 0.418. The summed E-state index contributed by atoms with van der Waals surface area (Å²) in [5.41, 5.74) is 5.16. The monoisotopic (exact) mass is 412 g/mol. The standard InChI is InChI=1S/C16H17BrN2O4S/c1-2-15(16(18)20)19-24(21,22)14-9-7-13(8-10-14)23-12-5-3-11(17)4-6-12/h3-10,15,19H,2H2,1H3,(H2,18,20). The number of rotatable bonds is 7. The van der Waals surface area contributed by atoms with Crippen LogP contribution in [0, 0.1) is 0 Å². The largest absolute Gasteiger partial charge is 0.457 e. The van der Waals surface area contributed by atoms with E-state index in [2.05, 4.69) is 20.7 Å². The second kappa shape index (κ2) is 7.78. The molecule has 2 aromatic rings. The van der Waals surface area contributed by atoms with Crippen LogP contribution in [-0.4, -0.2) is 20.4 Å². The molecule has 1 amide bonds. The molecule has 3 N–H and O–H groups in total. The number of ether oxygens (including phenoxy) is 1. The fourth-order valence-corrected chi connectivity index (χ4v) is 3.48. The van der Waals surface area contributed by atoms with Gasteiger partial charge >= 0.3 is 0 Å². The van der Waals surface area contributed by atoms with Gasteiger partial charge < -0.3 is 10.5 Å². The van der Waals surface area contributed by atoms with E-state index in [0.717, 1.165) is 4.47 Å². The highest BCUT2D eigenvalue weighted by Crippen LogP contribution is 2.24. The van der Waals surface area contributed by atoms with Gasteiger partial charge in [-0.3, -0.25) is 4.79 Å². The third kappa shape index (κ3) is 4.80. The summed E-state index contributed by atoms with van der Waals surface area (Å²) in [6.45, 7) is 1.67. The number of hydrogen-bond acceptors (Lipinski definition) is 4. The van der Waals surface area contributed by atoms with Crippen molar-refractivity contribution < 1.29 is 17.9 Å². The van der Waals surface area contributed by atoms with Gasteiger partial charge in [-0.05, 0) is 55.0 Å². The highest BCUT2D eigenvalue weighted by atomic mass is 79.9. The first-order valence-corrected chi connectivity index (χ1v) is 9.44. The van der Waals surface area contributed by atoms with E-state index >= 15 is 0 Å². The van der Waals surface area contributed by atoms with Crippen molar-refractivity contribution in [1.29, 1.82) is 0 Å². The van der Waals surface area contributed by atoms with Crippen LogP contribution >= 0.6 is 15.9 Å². The number of carbonyl (C=O) groups excluding carboxylic acids is 1. The number of halogens is 1. The molecule has 2 aromatic carbocycles. The second-order valence-corrected chi connectivity index (χ2v) is 7.64. The Morgan fingerprint density at radius 1 is 1.12 bits per heavy atom. The third-order valence-electron chi connectivity index (χ3n) is 3.23. The van der Waals surface area contributed by atoms with Crippen molar-refractivity contribution in [2.45, 2.75) is 24.3 Å². The number of amides is 1. The van der Waals surface area contributed by atoms with Crippen molar-refractivity contribution >= 4 is 31.9 Å². The Labute approximate surface area is 149 Å². The van der Waals surface area contributed by atoms with E-state index in [1.165, 1.54) is 12.1 Å². The average Bonchev–Trinajstić information content (AvgIpc) is 2.55. The smallest absolute Gasteiger partial charge is 0.241 e. The number of primary amides is 1. The quantitative estimate of drug-likeness (QED) is 0.729. The third-order valence-corrected chi connectivity index (χ3v) is 5.25. The maximum absolute atomic E-state index is 12.2. The zero-order valence-electron chi connectivity index (χ0n) is 12.9. The van der Waals surface area contributed by atoms with Gasteiger partial charge in [-0.15, -0.1) is 0 Å². The first-order valence-electron chi connectivity index (χ1n) is 7.17. The van der Waals surface area contributed by atoms with E-state index in [1.807, 2.05) is 12.1 Å². The first kappa shape index (κ1) is 18.4. The van der Waals surface area contributed by atoms with E-state index in [4.69, 9.17) is 10.5 Å². The molecule has 0 saturated heterocycles. The van der Waals surface area contributed by atoms with Gasteiger partial charge in [0.2, 0.25) is 15.9 Å². The Balaban J connectivity index is 2.13. The van der Waals surface area contributed by atoms with E-state index in [1.54, 1.807) is 31.2 Å². The number of benzene rings is 2. The number of nitrogens with two attached hydrogens (primary N) is 1. The molecular formula is C16H17BrN2O4S. The summed E-state index contributed by atoms with van der Waals surface area (Å²) < 4.78 is 33.3. The molecule has 2 rings (SSSR count). The molecule has 1 unspecified atom stereocenters. The Morgan fingerprint density at radius 2 is 1.62 bits per heavy atom. The number of carbonyl (C=O) groups is 1. The van der Waals surface area contributed by atoms with Gasteiger partial charge in [0.25, 0.3) is 0 Å². The molecule has 0 aliphatic carbocycles. The number of nitrogens with one attached hydrogen (secondary N) is 1. The number of hydrogen-bond donors (Lipinski definition) is 2. The molecule has 0 heterocycles. The molecule has 0 radical (unpaired) electrons. The summed E-state index contributed by atoms with van der Waals surface area (Å²) >= 11 is 3.34. The lowest BCUT2D eigenvalue weighted by atomic mass is 10.2. The molecule has 6 nitrogen and oxygen atoms in total. The lowest BCUT2D eigenvalue weighted by molar-refractivity contribution is -0.119. The van der Waals surface area contributed by atoms with Gasteiger partial charge in [0.05, 0.1) is 4.90 Å². The lowest BCUT2D eigenvalue weighted by Gasteiger charge is -2.14. The molecule has 8 heteroatoms. The van der Waals surface area contributed by atoms with Crippen LogP contribution < -0.4 is 15.2 Å². The summed E-state index contributed by atoms with van der Waals surface area (Å²) in [6, 6.07) is 12.2. The fraction of sp³-hybridized carbons (Fsp3) is 0.188. The van der Waals surface area contributed by atoms with Gasteiger partial charge in [-0.25, -0.2) is 8.42 Å². The van der Waals surface area contributed by atoms with Crippen LogP contribution in [-0.2, 0) is 14.8 Å². The van der Waals surface area contributed by atoms with Gasteiger partial charge in [-0.1, -0.05) is 22.9 Å². The fourth-order valence-electron chi connectivity index (χ4n) is 1.92. The summed E-state index contributed by atoms with van der Waals surface area (Å²) in [7, 11) is -3.82. The van der Waals surface area contributed by atoms with Crippen LogP contribution in [0.25, 0.3) is 0 Å². The Hall–Kier alpha value is -1.90. The Bertz CT molecular complexity index is 805. The maximum atomic E-state index is 12.2. The van der Waals surface area contributed by atoms with Gasteiger partial charge in [-0.2, -0.15) is 4.72 Å². The van der Waals surface area contributed by atoms with E-state index in [0.29, 0.717) is 11.5 Å². The van der Waals surface area contributed by atoms with Crippen LogP contribution in [0.3, 0.4) is 0 Å². The molecule has 128 valence electrons. The second-order valence-electron chi connectivity index (χ2n) is 5.01. The van der Waals surface area contributed by atoms with Crippen LogP contribution in [0.2, 0.25) is 0 Å². The van der Waals surface area contributed by atoms with Gasteiger partial charge in [0.1, 0.15) is 17.5 Å². The topological polar surface area (TPSA) is 98.5 Å². The molecule has 24 heavy (non-hydrogen) atoms. The molecule has 1 atom stereocenters. The highest BCUT2D eigenvalue weighted by molar-refractivity contribution is 9.10. The van der Waals surface area contributed by atoms with Crippen molar-refractivity contribution in [1.82, 2.24) is 4.72 Å². The zero-order valence-corrected chi connectivity index (χ0v) is 15.3. The van der Waals surface area contributed by atoms with Crippen LogP contribution in [0.4, 0.5) is 0 Å². The molecule has 0 aliphatic heterocycles. The molecule has 0 aliphatic rings. The molecule has 0 aromatic heterocycles. The van der Waals surface area contributed by atoms with E-state index in [9.17, 15) is 13.2 Å². The van der Waals surface area contributed by atoms with E-state index < -0.39 is 22.0 Å². The average molecular weight is 413 g/mol. The van der Waals surface area contributed by atoms with Crippen LogP contribution in [0.1, 0.15) is 13.3 Å². The first-order chi connectivity index (χ1) is 11.3. The van der Waals surface area contributed by atoms with Crippen LogP contribution in [0.5, 0.6) is 11.5 Å². The summed E-state index contributed by atoms with van der Waals surface area (Å²) in [4.78, 5) is 11.2.